The Kier molecular flexibility index (Phi) is 5.47. The van der Waals surface area contributed by atoms with E-state index >= 15 is 0 Å². The van der Waals surface area contributed by atoms with Crippen LogP contribution in [-0.4, -0.2) is 20.7 Å². The minimum Gasteiger partial charge on any atom is -0.439 e. The molecule has 4 rings (SSSR count). The molecule has 1 N–H and O–H groups in total. The van der Waals surface area contributed by atoms with Crippen LogP contribution in [0.4, 0.5) is 8.78 Å². The summed E-state index contributed by atoms with van der Waals surface area (Å²) in [6, 6.07) is 15.2. The lowest BCUT2D eigenvalue weighted by molar-refractivity contribution is 0.0951. The maximum absolute atomic E-state index is 13.9. The Labute approximate surface area is 170 Å². The molecule has 0 aliphatic heterocycles. The molecule has 0 radical (unpaired) electrons. The van der Waals surface area contributed by atoms with Gasteiger partial charge in [-0.15, -0.1) is 0 Å². The van der Waals surface area contributed by atoms with Crippen molar-refractivity contribution in [2.45, 2.75) is 6.54 Å². The SMILES string of the molecule is O=C(NCc1ccnc(Oc2ccc(F)cc2)c1)c1cnn(-c2ccccc2F)c1. The molecule has 2 aromatic heterocycles. The number of halogens is 2. The molecule has 0 aliphatic carbocycles. The first-order valence-corrected chi connectivity index (χ1v) is 9.04. The smallest absolute Gasteiger partial charge is 0.254 e. The summed E-state index contributed by atoms with van der Waals surface area (Å²) in [5.41, 5.74) is 1.32. The van der Waals surface area contributed by atoms with Crippen molar-refractivity contribution in [3.63, 3.8) is 0 Å². The van der Waals surface area contributed by atoms with Crippen molar-refractivity contribution in [3.8, 4) is 17.3 Å². The van der Waals surface area contributed by atoms with Crippen LogP contribution in [0.15, 0.2) is 79.3 Å². The normalized spacial score (nSPS) is 10.6. The molecule has 2 heterocycles. The fourth-order valence-corrected chi connectivity index (χ4v) is 2.73. The zero-order valence-electron chi connectivity index (χ0n) is 15.6. The molecule has 0 spiro atoms. The van der Waals surface area contributed by atoms with Gasteiger partial charge in [0.05, 0.1) is 11.8 Å². The standard InChI is InChI=1S/C22H16F2N4O2/c23-17-5-7-18(8-6-17)30-21-11-15(9-10-25-21)12-26-22(29)16-13-27-28(14-16)20-4-2-1-3-19(20)24/h1-11,13-14H,12H2,(H,26,29). The Balaban J connectivity index is 1.39. The lowest BCUT2D eigenvalue weighted by Crippen LogP contribution is -2.22. The Bertz CT molecular complexity index is 1180. The summed E-state index contributed by atoms with van der Waals surface area (Å²) in [7, 11) is 0. The Morgan fingerprint density at radius 1 is 1.07 bits per heavy atom. The summed E-state index contributed by atoms with van der Waals surface area (Å²) in [5, 5.41) is 6.82. The number of amides is 1. The fraction of sp³-hybridized carbons (Fsp3) is 0.0455. The molecule has 0 fully saturated rings. The van der Waals surface area contributed by atoms with E-state index in [-0.39, 0.29) is 24.0 Å². The lowest BCUT2D eigenvalue weighted by Gasteiger charge is -2.07. The van der Waals surface area contributed by atoms with E-state index in [1.54, 1.807) is 36.5 Å². The molecular weight excluding hydrogens is 390 g/mol. The zero-order chi connectivity index (χ0) is 20.9. The van der Waals surface area contributed by atoms with Gasteiger partial charge < -0.3 is 10.1 Å². The number of hydrogen-bond donors (Lipinski definition) is 1. The number of aromatic nitrogens is 3. The van der Waals surface area contributed by atoms with Crippen LogP contribution in [0.1, 0.15) is 15.9 Å². The van der Waals surface area contributed by atoms with Crippen LogP contribution in [0, 0.1) is 11.6 Å². The highest BCUT2D eigenvalue weighted by Gasteiger charge is 2.11. The summed E-state index contributed by atoms with van der Waals surface area (Å²) in [4.78, 5) is 16.5. The minimum absolute atomic E-state index is 0.228. The molecule has 0 saturated heterocycles. The van der Waals surface area contributed by atoms with Crippen LogP contribution in [0.5, 0.6) is 11.6 Å². The minimum atomic E-state index is -0.432. The van der Waals surface area contributed by atoms with Gasteiger partial charge in [-0.25, -0.2) is 18.4 Å². The molecule has 1 amide bonds. The van der Waals surface area contributed by atoms with Gasteiger partial charge in [-0.05, 0) is 48.0 Å². The van der Waals surface area contributed by atoms with Gasteiger partial charge in [-0.1, -0.05) is 12.1 Å². The number of nitrogens with one attached hydrogen (secondary N) is 1. The van der Waals surface area contributed by atoms with Crippen LogP contribution in [0.2, 0.25) is 0 Å². The first kappa shape index (κ1) is 19.3. The van der Waals surface area contributed by atoms with Crippen molar-refractivity contribution >= 4 is 5.91 Å². The van der Waals surface area contributed by atoms with E-state index in [2.05, 4.69) is 15.4 Å². The average Bonchev–Trinajstić information content (AvgIpc) is 3.24. The molecule has 0 saturated carbocycles. The number of carbonyl (C=O) groups is 1. The maximum atomic E-state index is 13.9. The number of ether oxygens (including phenoxy) is 1. The summed E-state index contributed by atoms with van der Waals surface area (Å²) in [6.07, 6.45) is 4.39. The van der Waals surface area contributed by atoms with E-state index in [0.29, 0.717) is 17.2 Å². The highest BCUT2D eigenvalue weighted by atomic mass is 19.1. The Morgan fingerprint density at radius 2 is 1.87 bits per heavy atom. The van der Waals surface area contributed by atoms with Gasteiger partial charge in [0.1, 0.15) is 23.1 Å². The molecule has 0 unspecified atom stereocenters. The number of rotatable bonds is 6. The highest BCUT2D eigenvalue weighted by Crippen LogP contribution is 2.20. The van der Waals surface area contributed by atoms with E-state index in [9.17, 15) is 13.6 Å². The molecule has 8 heteroatoms. The predicted octanol–water partition coefficient (Wildman–Crippen LogP) is 4.27. The second-order valence-electron chi connectivity index (χ2n) is 6.37. The number of hydrogen-bond acceptors (Lipinski definition) is 4. The third kappa shape index (κ3) is 4.49. The summed E-state index contributed by atoms with van der Waals surface area (Å²) >= 11 is 0. The van der Waals surface area contributed by atoms with Gasteiger partial charge in [-0.3, -0.25) is 4.79 Å². The van der Waals surface area contributed by atoms with Crippen LogP contribution in [0.3, 0.4) is 0 Å². The van der Waals surface area contributed by atoms with E-state index in [4.69, 9.17) is 4.74 Å². The van der Waals surface area contributed by atoms with Crippen molar-refractivity contribution in [1.29, 1.82) is 0 Å². The molecule has 4 aromatic rings. The van der Waals surface area contributed by atoms with E-state index in [0.717, 1.165) is 5.56 Å². The molecule has 150 valence electrons. The first-order valence-electron chi connectivity index (χ1n) is 9.04. The van der Waals surface area contributed by atoms with Gasteiger partial charge in [0.15, 0.2) is 0 Å². The van der Waals surface area contributed by atoms with Crippen LogP contribution < -0.4 is 10.1 Å². The molecule has 30 heavy (non-hydrogen) atoms. The number of benzene rings is 2. The average molecular weight is 406 g/mol. The fourth-order valence-electron chi connectivity index (χ4n) is 2.73. The summed E-state index contributed by atoms with van der Waals surface area (Å²) in [5.74, 6) is -0.370. The molecule has 2 aromatic carbocycles. The molecule has 0 bridgehead atoms. The number of nitrogens with zero attached hydrogens (tertiary/aromatic N) is 3. The topological polar surface area (TPSA) is 69.0 Å². The third-order valence-electron chi connectivity index (χ3n) is 4.23. The zero-order valence-corrected chi connectivity index (χ0v) is 15.6. The Hall–Kier alpha value is -4.07. The molecule has 0 aliphatic rings. The van der Waals surface area contributed by atoms with E-state index < -0.39 is 5.82 Å². The lowest BCUT2D eigenvalue weighted by atomic mass is 10.2. The van der Waals surface area contributed by atoms with Gasteiger partial charge in [0.25, 0.3) is 5.91 Å². The monoisotopic (exact) mass is 406 g/mol. The predicted molar refractivity (Wildman–Crippen MR) is 105 cm³/mol. The third-order valence-corrected chi connectivity index (χ3v) is 4.23. The van der Waals surface area contributed by atoms with Crippen molar-refractivity contribution in [2.75, 3.05) is 0 Å². The molecule has 0 atom stereocenters. The van der Waals surface area contributed by atoms with Gasteiger partial charge in [-0.2, -0.15) is 5.10 Å². The molecular formula is C22H16F2N4O2. The van der Waals surface area contributed by atoms with Crippen LogP contribution in [-0.2, 0) is 6.54 Å². The summed E-state index contributed by atoms with van der Waals surface area (Å²) in [6.45, 7) is 0.228. The van der Waals surface area contributed by atoms with Gasteiger partial charge in [0, 0.05) is 25.0 Å². The van der Waals surface area contributed by atoms with E-state index in [1.807, 2.05) is 0 Å². The van der Waals surface area contributed by atoms with E-state index in [1.165, 1.54) is 47.4 Å². The van der Waals surface area contributed by atoms with Crippen molar-refractivity contribution in [3.05, 3.63) is 102 Å². The van der Waals surface area contributed by atoms with Gasteiger partial charge >= 0.3 is 0 Å². The van der Waals surface area contributed by atoms with Gasteiger partial charge in [0.2, 0.25) is 5.88 Å². The van der Waals surface area contributed by atoms with Crippen LogP contribution >= 0.6 is 0 Å². The largest absolute Gasteiger partial charge is 0.439 e. The van der Waals surface area contributed by atoms with Crippen LogP contribution in [0.25, 0.3) is 5.69 Å². The number of carbonyl (C=O) groups excluding carboxylic acids is 1. The molecule has 6 nitrogen and oxygen atoms in total. The highest BCUT2D eigenvalue weighted by molar-refractivity contribution is 5.93. The quantitative estimate of drug-likeness (QED) is 0.519. The number of pyridine rings is 1. The van der Waals surface area contributed by atoms with Crippen molar-refractivity contribution in [1.82, 2.24) is 20.1 Å². The maximum Gasteiger partial charge on any atom is 0.254 e. The summed E-state index contributed by atoms with van der Waals surface area (Å²) < 4.78 is 33.8. The number of para-hydroxylation sites is 1. The van der Waals surface area contributed by atoms with Crippen molar-refractivity contribution in [2.24, 2.45) is 0 Å². The Morgan fingerprint density at radius 3 is 2.67 bits per heavy atom. The second-order valence-corrected chi connectivity index (χ2v) is 6.37. The first-order chi connectivity index (χ1) is 14.6. The second kappa shape index (κ2) is 8.52. The van der Waals surface area contributed by atoms with Crippen molar-refractivity contribution < 1.29 is 18.3 Å².